The van der Waals surface area contributed by atoms with Crippen molar-refractivity contribution in [1.82, 2.24) is 4.72 Å². The summed E-state index contributed by atoms with van der Waals surface area (Å²) in [5, 5.41) is 0. The van der Waals surface area contributed by atoms with Gasteiger partial charge in [-0.3, -0.25) is 0 Å². The molecule has 2 rings (SSSR count). The topological polar surface area (TPSA) is 114 Å². The highest BCUT2D eigenvalue weighted by Crippen LogP contribution is 2.21. The molecular weight excluding hydrogens is 398 g/mol. The van der Waals surface area contributed by atoms with E-state index in [4.69, 9.17) is 0 Å². The largest absolute Gasteiger partial charge is 0.241 e. The monoisotopic (exact) mass is 417 g/mol. The highest BCUT2D eigenvalue weighted by Gasteiger charge is 2.20. The zero-order valence-electron chi connectivity index (χ0n) is 14.4. The van der Waals surface area contributed by atoms with Crippen molar-refractivity contribution in [3.63, 3.8) is 0 Å². The number of sulfone groups is 2. The Kier molecular flexibility index (Phi) is 5.62. The van der Waals surface area contributed by atoms with Crippen LogP contribution in [0.2, 0.25) is 0 Å². The molecule has 2 aromatic carbocycles. The van der Waals surface area contributed by atoms with Gasteiger partial charge in [-0.2, -0.15) is 0 Å². The zero-order valence-corrected chi connectivity index (χ0v) is 16.8. The standard InChI is InChI=1S/C16H19NO6S3/c1-12(13-7-9-14(10-8-13)24(2,18)19)17-26(22,23)16-6-4-5-15(11-16)25(3,20)21/h4-12,17H,1-3H3/t12-/m1/s1. The van der Waals surface area contributed by atoms with Gasteiger partial charge in [0.25, 0.3) is 0 Å². The van der Waals surface area contributed by atoms with E-state index in [0.29, 0.717) is 5.56 Å². The highest BCUT2D eigenvalue weighted by atomic mass is 32.2. The minimum Gasteiger partial charge on any atom is -0.224 e. The fourth-order valence-electron chi connectivity index (χ4n) is 2.24. The normalized spacial score (nSPS) is 14.1. The van der Waals surface area contributed by atoms with E-state index in [2.05, 4.69) is 4.72 Å². The van der Waals surface area contributed by atoms with E-state index in [1.165, 1.54) is 42.5 Å². The minimum absolute atomic E-state index is 0.0921. The van der Waals surface area contributed by atoms with Crippen LogP contribution in [-0.2, 0) is 29.7 Å². The first-order chi connectivity index (χ1) is 11.8. The predicted octanol–water partition coefficient (Wildman–Crippen LogP) is 1.53. The van der Waals surface area contributed by atoms with Gasteiger partial charge in [0.2, 0.25) is 10.0 Å². The van der Waals surface area contributed by atoms with Gasteiger partial charge < -0.3 is 0 Å². The van der Waals surface area contributed by atoms with Crippen LogP contribution < -0.4 is 4.72 Å². The Morgan fingerprint density at radius 3 is 1.73 bits per heavy atom. The third-order valence-corrected chi connectivity index (χ3v) is 7.46. The third-order valence-electron chi connectivity index (χ3n) is 3.68. The van der Waals surface area contributed by atoms with Gasteiger partial charge in [0.15, 0.2) is 19.7 Å². The molecule has 1 N–H and O–H groups in total. The van der Waals surface area contributed by atoms with Crippen LogP contribution in [0.5, 0.6) is 0 Å². The second-order valence-electron chi connectivity index (χ2n) is 5.93. The first-order valence-corrected chi connectivity index (χ1v) is 12.7. The van der Waals surface area contributed by atoms with Crippen LogP contribution in [0.3, 0.4) is 0 Å². The second kappa shape index (κ2) is 7.10. The van der Waals surface area contributed by atoms with Crippen LogP contribution in [0.4, 0.5) is 0 Å². The smallest absolute Gasteiger partial charge is 0.224 e. The molecule has 0 bridgehead atoms. The van der Waals surface area contributed by atoms with Crippen LogP contribution in [0, 0.1) is 0 Å². The highest BCUT2D eigenvalue weighted by molar-refractivity contribution is 7.91. The van der Waals surface area contributed by atoms with E-state index >= 15 is 0 Å². The summed E-state index contributed by atoms with van der Waals surface area (Å²) < 4.78 is 73.7. The summed E-state index contributed by atoms with van der Waals surface area (Å²) in [5.74, 6) is 0. The molecule has 0 aliphatic rings. The van der Waals surface area contributed by atoms with Crippen LogP contribution >= 0.6 is 0 Å². The molecule has 142 valence electrons. The Morgan fingerprint density at radius 1 is 0.731 bits per heavy atom. The molecule has 2 aromatic rings. The molecule has 0 fully saturated rings. The second-order valence-corrected chi connectivity index (χ2v) is 11.7. The SMILES string of the molecule is C[C@@H](NS(=O)(=O)c1cccc(S(C)(=O)=O)c1)c1ccc(S(C)(=O)=O)cc1. The quantitative estimate of drug-likeness (QED) is 0.762. The van der Waals surface area contributed by atoms with Crippen molar-refractivity contribution in [1.29, 1.82) is 0 Å². The maximum atomic E-state index is 12.5. The average molecular weight is 418 g/mol. The fraction of sp³-hybridized carbons (Fsp3) is 0.250. The molecule has 0 heterocycles. The molecular formula is C16H19NO6S3. The Balaban J connectivity index is 2.29. The molecule has 26 heavy (non-hydrogen) atoms. The number of rotatable bonds is 6. The van der Waals surface area contributed by atoms with Crippen molar-refractivity contribution >= 4 is 29.7 Å². The van der Waals surface area contributed by atoms with Crippen LogP contribution in [0.25, 0.3) is 0 Å². The van der Waals surface area contributed by atoms with Crippen molar-refractivity contribution in [3.8, 4) is 0 Å². The van der Waals surface area contributed by atoms with Crippen molar-refractivity contribution < 1.29 is 25.3 Å². The zero-order chi connectivity index (χ0) is 19.8. The molecule has 0 aliphatic carbocycles. The molecule has 0 saturated carbocycles. The number of sulfonamides is 1. The maximum absolute atomic E-state index is 12.5. The van der Waals surface area contributed by atoms with E-state index in [9.17, 15) is 25.3 Å². The Labute approximate surface area is 154 Å². The molecule has 0 aromatic heterocycles. The number of hydrogen-bond acceptors (Lipinski definition) is 6. The Morgan fingerprint density at radius 2 is 1.23 bits per heavy atom. The van der Waals surface area contributed by atoms with Gasteiger partial charge >= 0.3 is 0 Å². The summed E-state index contributed by atoms with van der Waals surface area (Å²) in [6.07, 6.45) is 2.08. The number of nitrogens with one attached hydrogen (secondary N) is 1. The summed E-state index contributed by atoms with van der Waals surface area (Å²) in [4.78, 5) is -0.122. The lowest BCUT2D eigenvalue weighted by Crippen LogP contribution is -2.27. The van der Waals surface area contributed by atoms with Gasteiger partial charge in [-0.15, -0.1) is 0 Å². The van der Waals surface area contributed by atoms with Gasteiger partial charge in [0, 0.05) is 18.6 Å². The van der Waals surface area contributed by atoms with Gasteiger partial charge in [-0.1, -0.05) is 18.2 Å². The summed E-state index contributed by atoms with van der Waals surface area (Å²) in [7, 11) is -10.8. The van der Waals surface area contributed by atoms with Gasteiger partial charge in [0.1, 0.15) is 0 Å². The van der Waals surface area contributed by atoms with E-state index in [1.807, 2.05) is 0 Å². The van der Waals surface area contributed by atoms with Crippen molar-refractivity contribution in [2.45, 2.75) is 27.7 Å². The van der Waals surface area contributed by atoms with E-state index in [-0.39, 0.29) is 14.7 Å². The van der Waals surface area contributed by atoms with E-state index in [0.717, 1.165) is 18.6 Å². The summed E-state index contributed by atoms with van der Waals surface area (Å²) >= 11 is 0. The van der Waals surface area contributed by atoms with Crippen molar-refractivity contribution in [3.05, 3.63) is 54.1 Å². The van der Waals surface area contributed by atoms with Gasteiger partial charge in [-0.25, -0.2) is 30.0 Å². The van der Waals surface area contributed by atoms with E-state index in [1.54, 1.807) is 6.92 Å². The minimum atomic E-state index is -3.96. The summed E-state index contributed by atoms with van der Waals surface area (Å²) in [6, 6.07) is 10.3. The Hall–Kier alpha value is -1.75. The fourth-order valence-corrected chi connectivity index (χ4v) is 4.89. The third kappa shape index (κ3) is 4.91. The maximum Gasteiger partial charge on any atom is 0.241 e. The lowest BCUT2D eigenvalue weighted by atomic mass is 10.1. The van der Waals surface area contributed by atoms with Crippen LogP contribution in [0.1, 0.15) is 18.5 Å². The first-order valence-electron chi connectivity index (χ1n) is 7.43. The van der Waals surface area contributed by atoms with Gasteiger partial charge in [-0.05, 0) is 42.8 Å². The molecule has 0 spiro atoms. The average Bonchev–Trinajstić information content (AvgIpc) is 2.53. The number of benzene rings is 2. The van der Waals surface area contributed by atoms with E-state index < -0.39 is 35.7 Å². The number of hydrogen-bond donors (Lipinski definition) is 1. The molecule has 0 amide bonds. The summed E-state index contributed by atoms with van der Waals surface area (Å²) in [6.45, 7) is 1.60. The van der Waals surface area contributed by atoms with Crippen LogP contribution in [0.15, 0.2) is 63.2 Å². The first kappa shape index (κ1) is 20.6. The van der Waals surface area contributed by atoms with Crippen molar-refractivity contribution in [2.75, 3.05) is 12.5 Å². The van der Waals surface area contributed by atoms with Crippen LogP contribution in [-0.4, -0.2) is 37.8 Å². The van der Waals surface area contributed by atoms with Gasteiger partial charge in [0.05, 0.1) is 14.7 Å². The molecule has 7 nitrogen and oxygen atoms in total. The molecule has 0 aliphatic heterocycles. The summed E-state index contributed by atoms with van der Waals surface area (Å²) in [5.41, 5.74) is 0.570. The lowest BCUT2D eigenvalue weighted by Gasteiger charge is -2.15. The Bertz CT molecular complexity index is 1120. The molecule has 1 atom stereocenters. The molecule has 0 saturated heterocycles. The molecule has 0 radical (unpaired) electrons. The lowest BCUT2D eigenvalue weighted by molar-refractivity contribution is 0.566. The van der Waals surface area contributed by atoms with Crippen molar-refractivity contribution in [2.24, 2.45) is 0 Å². The molecule has 10 heteroatoms. The predicted molar refractivity (Wildman–Crippen MR) is 97.8 cm³/mol. The molecule has 0 unspecified atom stereocenters.